The average Bonchev–Trinajstić information content (AvgIpc) is 2.56. The molecule has 132 valence electrons. The molecule has 2 aromatic rings. The molecule has 2 rings (SSSR count). The van der Waals surface area contributed by atoms with Gasteiger partial charge >= 0.3 is 12.0 Å². The number of hydrogen-bond acceptors (Lipinski definition) is 3. The van der Waals surface area contributed by atoms with Crippen molar-refractivity contribution in [2.45, 2.75) is 32.2 Å². The summed E-state index contributed by atoms with van der Waals surface area (Å²) in [5.41, 5.74) is 1.77. The zero-order chi connectivity index (χ0) is 18.2. The number of carbonyl (C=O) groups excluding carboxylic acids is 1. The van der Waals surface area contributed by atoms with Crippen molar-refractivity contribution < 1.29 is 14.7 Å². The zero-order valence-corrected chi connectivity index (χ0v) is 14.6. The molecule has 6 nitrogen and oxygen atoms in total. The summed E-state index contributed by atoms with van der Waals surface area (Å²) >= 11 is 5.85. The zero-order valence-electron chi connectivity index (χ0n) is 13.8. The number of hydrogen-bond donors (Lipinski definition) is 3. The van der Waals surface area contributed by atoms with Crippen molar-refractivity contribution in [1.82, 2.24) is 10.3 Å². The molecule has 0 fully saturated rings. The summed E-state index contributed by atoms with van der Waals surface area (Å²) in [5, 5.41) is 14.9. The molecule has 1 heterocycles. The van der Waals surface area contributed by atoms with Gasteiger partial charge < -0.3 is 10.4 Å². The predicted octanol–water partition coefficient (Wildman–Crippen LogP) is 3.64. The van der Waals surface area contributed by atoms with E-state index in [1.807, 2.05) is 30.3 Å². The Bertz CT molecular complexity index is 738. The molecule has 1 aromatic carbocycles. The van der Waals surface area contributed by atoms with Gasteiger partial charge in [-0.15, -0.1) is 0 Å². The molecule has 3 N–H and O–H groups in total. The Morgan fingerprint density at radius 2 is 2.00 bits per heavy atom. The Kier molecular flexibility index (Phi) is 6.77. The SMILES string of the molecule is Cc1cc(Cl)cnc1NC(=O)NC(CCC(=O)O)Cc1ccccc1. The highest BCUT2D eigenvalue weighted by Crippen LogP contribution is 2.16. The number of pyridine rings is 1. The van der Waals surface area contributed by atoms with Crippen LogP contribution in [0.15, 0.2) is 42.6 Å². The van der Waals surface area contributed by atoms with E-state index in [4.69, 9.17) is 16.7 Å². The molecule has 1 aromatic heterocycles. The van der Waals surface area contributed by atoms with Crippen molar-refractivity contribution in [1.29, 1.82) is 0 Å². The van der Waals surface area contributed by atoms with Gasteiger partial charge in [0.25, 0.3) is 0 Å². The Balaban J connectivity index is 2.01. The van der Waals surface area contributed by atoms with Crippen LogP contribution in [0, 0.1) is 6.92 Å². The quantitative estimate of drug-likeness (QED) is 0.702. The summed E-state index contributed by atoms with van der Waals surface area (Å²) in [6.45, 7) is 1.79. The highest BCUT2D eigenvalue weighted by Gasteiger charge is 2.15. The molecule has 1 unspecified atom stereocenters. The molecule has 0 aliphatic carbocycles. The number of anilines is 1. The fourth-order valence-electron chi connectivity index (χ4n) is 2.42. The van der Waals surface area contributed by atoms with Crippen LogP contribution in [0.5, 0.6) is 0 Å². The monoisotopic (exact) mass is 361 g/mol. The number of aliphatic carboxylic acids is 1. The third kappa shape index (κ3) is 6.43. The van der Waals surface area contributed by atoms with Gasteiger partial charge in [-0.05, 0) is 37.0 Å². The highest BCUT2D eigenvalue weighted by atomic mass is 35.5. The maximum absolute atomic E-state index is 12.3. The van der Waals surface area contributed by atoms with Crippen LogP contribution in [0.3, 0.4) is 0 Å². The summed E-state index contributed by atoms with van der Waals surface area (Å²) in [6, 6.07) is 10.6. The number of nitrogens with one attached hydrogen (secondary N) is 2. The van der Waals surface area contributed by atoms with E-state index in [0.29, 0.717) is 23.7 Å². The number of amides is 2. The summed E-state index contributed by atoms with van der Waals surface area (Å²) in [6.07, 6.45) is 2.32. The second kappa shape index (κ2) is 9.03. The fourth-order valence-corrected chi connectivity index (χ4v) is 2.63. The van der Waals surface area contributed by atoms with Crippen molar-refractivity contribution in [3.05, 3.63) is 58.7 Å². The Labute approximate surface area is 151 Å². The molecule has 7 heteroatoms. The molecule has 25 heavy (non-hydrogen) atoms. The Morgan fingerprint density at radius 1 is 1.28 bits per heavy atom. The number of carbonyl (C=O) groups is 2. The Morgan fingerprint density at radius 3 is 2.64 bits per heavy atom. The van der Waals surface area contributed by atoms with E-state index in [-0.39, 0.29) is 12.5 Å². The third-order valence-electron chi connectivity index (χ3n) is 3.64. The van der Waals surface area contributed by atoms with E-state index in [0.717, 1.165) is 11.1 Å². The van der Waals surface area contributed by atoms with Gasteiger partial charge in [-0.25, -0.2) is 9.78 Å². The van der Waals surface area contributed by atoms with Gasteiger partial charge in [-0.1, -0.05) is 41.9 Å². The van der Waals surface area contributed by atoms with Gasteiger partial charge in [0.2, 0.25) is 0 Å². The molecular weight excluding hydrogens is 342 g/mol. The van der Waals surface area contributed by atoms with Gasteiger partial charge in [0.05, 0.1) is 5.02 Å². The van der Waals surface area contributed by atoms with Crippen LogP contribution in [0.25, 0.3) is 0 Å². The first-order chi connectivity index (χ1) is 11.9. The van der Waals surface area contributed by atoms with Crippen LogP contribution in [-0.2, 0) is 11.2 Å². The number of aryl methyl sites for hydroxylation is 1. The van der Waals surface area contributed by atoms with Gasteiger partial charge in [-0.3, -0.25) is 10.1 Å². The first kappa shape index (κ1) is 18.7. The van der Waals surface area contributed by atoms with Crippen LogP contribution in [0.4, 0.5) is 10.6 Å². The van der Waals surface area contributed by atoms with Crippen molar-refractivity contribution in [3.8, 4) is 0 Å². The maximum atomic E-state index is 12.3. The van der Waals surface area contributed by atoms with Crippen molar-refractivity contribution in [3.63, 3.8) is 0 Å². The smallest absolute Gasteiger partial charge is 0.320 e. The standard InChI is InChI=1S/C18H20ClN3O3/c1-12-9-14(19)11-20-17(12)22-18(25)21-15(7-8-16(23)24)10-13-5-3-2-4-6-13/h2-6,9,11,15H,7-8,10H2,1H3,(H,23,24)(H2,20,21,22,25). The summed E-state index contributed by atoms with van der Waals surface area (Å²) in [4.78, 5) is 27.2. The van der Waals surface area contributed by atoms with E-state index in [2.05, 4.69) is 15.6 Å². The van der Waals surface area contributed by atoms with Gasteiger partial charge in [0.15, 0.2) is 0 Å². The predicted molar refractivity (Wildman–Crippen MR) is 96.9 cm³/mol. The lowest BCUT2D eigenvalue weighted by molar-refractivity contribution is -0.137. The Hall–Kier alpha value is -2.60. The minimum atomic E-state index is -0.893. The lowest BCUT2D eigenvalue weighted by Gasteiger charge is -2.19. The van der Waals surface area contributed by atoms with E-state index in [1.165, 1.54) is 6.20 Å². The van der Waals surface area contributed by atoms with E-state index >= 15 is 0 Å². The van der Waals surface area contributed by atoms with Crippen molar-refractivity contribution in [2.24, 2.45) is 0 Å². The first-order valence-corrected chi connectivity index (χ1v) is 8.27. The molecule has 0 bridgehead atoms. The average molecular weight is 362 g/mol. The second-order valence-corrected chi connectivity index (χ2v) is 6.17. The topological polar surface area (TPSA) is 91.3 Å². The largest absolute Gasteiger partial charge is 0.481 e. The normalized spacial score (nSPS) is 11.6. The number of halogens is 1. The van der Waals surface area contributed by atoms with Crippen LogP contribution >= 0.6 is 11.6 Å². The minimum absolute atomic E-state index is 0.0179. The van der Waals surface area contributed by atoms with Gasteiger partial charge in [0, 0.05) is 18.7 Å². The molecule has 0 aliphatic rings. The minimum Gasteiger partial charge on any atom is -0.481 e. The molecule has 2 amide bonds. The summed E-state index contributed by atoms with van der Waals surface area (Å²) < 4.78 is 0. The first-order valence-electron chi connectivity index (χ1n) is 7.89. The van der Waals surface area contributed by atoms with E-state index in [9.17, 15) is 9.59 Å². The van der Waals surface area contributed by atoms with Crippen LogP contribution in [-0.4, -0.2) is 28.1 Å². The molecule has 1 atom stereocenters. The highest BCUT2D eigenvalue weighted by molar-refractivity contribution is 6.30. The number of rotatable bonds is 7. The van der Waals surface area contributed by atoms with Crippen LogP contribution in [0.2, 0.25) is 5.02 Å². The van der Waals surface area contributed by atoms with E-state index in [1.54, 1.807) is 13.0 Å². The maximum Gasteiger partial charge on any atom is 0.320 e. The number of nitrogens with zero attached hydrogens (tertiary/aromatic N) is 1. The number of urea groups is 1. The van der Waals surface area contributed by atoms with Crippen LogP contribution < -0.4 is 10.6 Å². The fraction of sp³-hybridized carbons (Fsp3) is 0.278. The number of aromatic nitrogens is 1. The third-order valence-corrected chi connectivity index (χ3v) is 3.85. The molecule has 0 spiro atoms. The second-order valence-electron chi connectivity index (χ2n) is 5.74. The summed E-state index contributed by atoms with van der Waals surface area (Å²) in [5.74, 6) is -0.478. The molecule has 0 saturated heterocycles. The molecule has 0 saturated carbocycles. The van der Waals surface area contributed by atoms with Crippen LogP contribution in [0.1, 0.15) is 24.0 Å². The lowest BCUT2D eigenvalue weighted by atomic mass is 10.0. The molecule has 0 aliphatic heterocycles. The van der Waals surface area contributed by atoms with E-state index < -0.39 is 12.0 Å². The summed E-state index contributed by atoms with van der Waals surface area (Å²) in [7, 11) is 0. The lowest BCUT2D eigenvalue weighted by Crippen LogP contribution is -2.40. The van der Waals surface area contributed by atoms with Crippen molar-refractivity contribution >= 4 is 29.4 Å². The van der Waals surface area contributed by atoms with Gasteiger partial charge in [-0.2, -0.15) is 0 Å². The van der Waals surface area contributed by atoms with Gasteiger partial charge in [0.1, 0.15) is 5.82 Å². The number of carboxylic acids is 1. The number of carboxylic acid groups (broad SMARTS) is 1. The molecular formula is C18H20ClN3O3. The number of benzene rings is 1. The molecule has 0 radical (unpaired) electrons. The van der Waals surface area contributed by atoms with Crippen molar-refractivity contribution in [2.75, 3.05) is 5.32 Å².